The largest absolute Gasteiger partial charge is 0.324 e. The number of rotatable bonds is 4. The molecule has 3 N–H and O–H groups in total. The van der Waals surface area contributed by atoms with Gasteiger partial charge in [0, 0.05) is 38.6 Å². The molecule has 9 heteroatoms. The fourth-order valence-electron chi connectivity index (χ4n) is 2.65. The van der Waals surface area contributed by atoms with E-state index in [9.17, 15) is 17.4 Å². The predicted octanol–water partition coefficient (Wildman–Crippen LogP) is 3.55. The van der Waals surface area contributed by atoms with Gasteiger partial charge in [0.2, 0.25) is 5.95 Å². The minimum Gasteiger partial charge on any atom is -0.324 e. The van der Waals surface area contributed by atoms with E-state index in [-0.39, 0.29) is 17.2 Å². The Morgan fingerprint density at radius 3 is 2.54 bits per heavy atom. The van der Waals surface area contributed by atoms with Crippen molar-refractivity contribution in [1.29, 1.82) is 0 Å². The van der Waals surface area contributed by atoms with Crippen LogP contribution in [-0.2, 0) is 9.71 Å². The molecule has 0 aliphatic carbocycles. The second-order valence-electron chi connectivity index (χ2n) is 6.36. The zero-order chi connectivity index (χ0) is 20.5. The van der Waals surface area contributed by atoms with Crippen LogP contribution in [0.3, 0.4) is 0 Å². The van der Waals surface area contributed by atoms with Crippen molar-refractivity contribution in [3.8, 4) is 11.3 Å². The summed E-state index contributed by atoms with van der Waals surface area (Å²) < 4.78 is 53.0. The molecule has 28 heavy (non-hydrogen) atoms. The van der Waals surface area contributed by atoms with Crippen molar-refractivity contribution < 1.29 is 17.4 Å². The van der Waals surface area contributed by atoms with Gasteiger partial charge < -0.3 is 5.32 Å². The topological polar surface area (TPSA) is 80.9 Å². The number of nitrogens with two attached hydrogens (primary N) is 1. The Bertz CT molecular complexity index is 1170. The van der Waals surface area contributed by atoms with Crippen molar-refractivity contribution in [1.82, 2.24) is 9.97 Å². The summed E-state index contributed by atoms with van der Waals surface area (Å²) in [6, 6.07) is 8.03. The molecule has 0 aliphatic rings. The highest BCUT2D eigenvalue weighted by Crippen LogP contribution is 2.26. The molecule has 1 unspecified atom stereocenters. The summed E-state index contributed by atoms with van der Waals surface area (Å²) in [4.78, 5) is 7.87. The number of hydrogen-bond acceptors (Lipinski definition) is 4. The second-order valence-corrected chi connectivity index (χ2v) is 8.53. The van der Waals surface area contributed by atoms with Gasteiger partial charge in [0.1, 0.15) is 17.3 Å². The van der Waals surface area contributed by atoms with E-state index in [0.29, 0.717) is 17.3 Å². The molecule has 146 valence electrons. The van der Waals surface area contributed by atoms with Gasteiger partial charge in [0.15, 0.2) is 5.82 Å². The van der Waals surface area contributed by atoms with Gasteiger partial charge >= 0.3 is 0 Å². The van der Waals surface area contributed by atoms with E-state index in [1.54, 1.807) is 18.2 Å². The fraction of sp³-hybridized carbons (Fsp3) is 0.105. The highest BCUT2D eigenvalue weighted by Gasteiger charge is 2.15. The standard InChI is InChI=1S/C19H17F3N4OS/c1-11-5-12(10-28(2,23)27)7-14(6-11)25-19-24-9-17(22)18(26-19)15-4-3-13(20)8-16(15)21/h3-10H,1-2H3,(H2,23,27)(H,24,25,26). The van der Waals surface area contributed by atoms with Crippen LogP contribution in [0.4, 0.5) is 24.8 Å². The van der Waals surface area contributed by atoms with Gasteiger partial charge in [-0.25, -0.2) is 23.1 Å². The quantitative estimate of drug-likeness (QED) is 0.650. The first kappa shape index (κ1) is 19.8. The van der Waals surface area contributed by atoms with Gasteiger partial charge in [-0.1, -0.05) is 6.07 Å². The molecule has 0 saturated carbocycles. The average molecular weight is 406 g/mol. The number of aryl methyl sites for hydroxylation is 1. The highest BCUT2D eigenvalue weighted by molar-refractivity contribution is 7.98. The van der Waals surface area contributed by atoms with Crippen molar-refractivity contribution in [2.24, 2.45) is 5.14 Å². The fourth-order valence-corrected chi connectivity index (χ4v) is 3.33. The maximum atomic E-state index is 14.1. The van der Waals surface area contributed by atoms with Crippen LogP contribution in [0.2, 0.25) is 0 Å². The van der Waals surface area contributed by atoms with Crippen LogP contribution in [-0.4, -0.2) is 25.8 Å². The van der Waals surface area contributed by atoms with Gasteiger partial charge in [0.05, 0.1) is 6.20 Å². The van der Waals surface area contributed by atoms with Gasteiger partial charge in [-0.05, 0) is 42.3 Å². The van der Waals surface area contributed by atoms with E-state index in [1.165, 1.54) is 11.6 Å². The van der Waals surface area contributed by atoms with E-state index in [4.69, 9.17) is 5.14 Å². The summed E-state index contributed by atoms with van der Waals surface area (Å²) in [5.41, 5.74) is 1.55. The van der Waals surface area contributed by atoms with Crippen LogP contribution in [0, 0.1) is 24.4 Å². The molecular formula is C19H17F3N4OS. The van der Waals surface area contributed by atoms with Gasteiger partial charge in [-0.3, -0.25) is 9.35 Å². The summed E-state index contributed by atoms with van der Waals surface area (Å²) in [7, 11) is -2.60. The van der Waals surface area contributed by atoms with Crippen LogP contribution in [0.25, 0.3) is 11.3 Å². The highest BCUT2D eigenvalue weighted by atomic mass is 32.2. The molecule has 1 aromatic heterocycles. The SMILES string of the molecule is Cc1cc(C=S(C)(N)=O)cc(Nc2ncc(F)c(-c3ccc(F)cc3F)n2)c1. The third-order valence-electron chi connectivity index (χ3n) is 3.66. The monoisotopic (exact) mass is 406 g/mol. The van der Waals surface area contributed by atoms with Gasteiger partial charge in [-0.15, -0.1) is 0 Å². The lowest BCUT2D eigenvalue weighted by Gasteiger charge is -2.10. The molecule has 0 amide bonds. The van der Waals surface area contributed by atoms with Crippen molar-refractivity contribution >= 4 is 26.7 Å². The summed E-state index contributed by atoms with van der Waals surface area (Å²) in [6.07, 6.45) is 2.31. The smallest absolute Gasteiger partial charge is 0.227 e. The normalized spacial score (nSPS) is 13.1. The zero-order valence-electron chi connectivity index (χ0n) is 15.0. The molecule has 2 aromatic carbocycles. The zero-order valence-corrected chi connectivity index (χ0v) is 15.9. The second kappa shape index (κ2) is 7.61. The predicted molar refractivity (Wildman–Crippen MR) is 105 cm³/mol. The summed E-state index contributed by atoms with van der Waals surface area (Å²) in [5.74, 6) is -2.54. The van der Waals surface area contributed by atoms with E-state index in [2.05, 4.69) is 15.3 Å². The number of benzene rings is 2. The van der Waals surface area contributed by atoms with Crippen molar-refractivity contribution in [3.05, 3.63) is 71.2 Å². The first-order valence-electron chi connectivity index (χ1n) is 8.09. The molecule has 0 bridgehead atoms. The molecule has 1 heterocycles. The molecule has 3 rings (SSSR count). The van der Waals surface area contributed by atoms with Gasteiger partial charge in [0.25, 0.3) is 0 Å². The number of halogens is 3. The summed E-state index contributed by atoms with van der Waals surface area (Å²) in [6.45, 7) is 1.83. The Balaban J connectivity index is 1.99. The minimum absolute atomic E-state index is 0.0154. The third-order valence-corrected chi connectivity index (χ3v) is 4.40. The molecule has 1 atom stereocenters. The molecule has 3 aromatic rings. The first-order chi connectivity index (χ1) is 13.1. The Hall–Kier alpha value is -2.91. The van der Waals surface area contributed by atoms with Gasteiger partial charge in [-0.2, -0.15) is 0 Å². The van der Waals surface area contributed by atoms with E-state index in [1.807, 2.05) is 6.92 Å². The minimum atomic E-state index is -2.60. The molecular weight excluding hydrogens is 389 g/mol. The first-order valence-corrected chi connectivity index (χ1v) is 10.2. The number of aromatic nitrogens is 2. The Kier molecular flexibility index (Phi) is 5.39. The van der Waals surface area contributed by atoms with Crippen LogP contribution in [0.5, 0.6) is 0 Å². The van der Waals surface area contributed by atoms with Crippen LogP contribution in [0.1, 0.15) is 11.1 Å². The van der Waals surface area contributed by atoms with Crippen molar-refractivity contribution in [2.75, 3.05) is 11.6 Å². The van der Waals surface area contributed by atoms with Crippen LogP contribution in [0.15, 0.2) is 42.6 Å². The Morgan fingerprint density at radius 1 is 1.11 bits per heavy atom. The van der Waals surface area contributed by atoms with Crippen LogP contribution >= 0.6 is 0 Å². The number of nitrogens with one attached hydrogen (secondary N) is 1. The number of nitrogens with zero attached hydrogens (tertiary/aromatic N) is 2. The maximum Gasteiger partial charge on any atom is 0.227 e. The lowest BCUT2D eigenvalue weighted by Crippen LogP contribution is -2.13. The molecule has 0 aliphatic heterocycles. The maximum absolute atomic E-state index is 14.1. The Labute approximate surface area is 160 Å². The van der Waals surface area contributed by atoms with Crippen molar-refractivity contribution in [3.63, 3.8) is 0 Å². The molecule has 0 saturated heterocycles. The number of hydrogen-bond donors (Lipinski definition) is 2. The average Bonchev–Trinajstić information content (AvgIpc) is 2.55. The number of anilines is 2. The lowest BCUT2D eigenvalue weighted by molar-refractivity contribution is 0.580. The third kappa shape index (κ3) is 4.87. The van der Waals surface area contributed by atoms with Crippen LogP contribution < -0.4 is 10.5 Å². The lowest BCUT2D eigenvalue weighted by atomic mass is 10.1. The molecule has 0 radical (unpaired) electrons. The Morgan fingerprint density at radius 2 is 1.86 bits per heavy atom. The van der Waals surface area contributed by atoms with E-state index in [0.717, 1.165) is 23.9 Å². The van der Waals surface area contributed by atoms with E-state index >= 15 is 0 Å². The molecule has 5 nitrogen and oxygen atoms in total. The van der Waals surface area contributed by atoms with Crippen molar-refractivity contribution in [2.45, 2.75) is 6.92 Å². The van der Waals surface area contributed by atoms with E-state index < -0.39 is 27.2 Å². The summed E-state index contributed by atoms with van der Waals surface area (Å²) >= 11 is 0. The molecule has 0 spiro atoms. The summed E-state index contributed by atoms with van der Waals surface area (Å²) in [5, 5.41) is 9.91. The molecule has 0 fully saturated rings.